The quantitative estimate of drug-likeness (QED) is 0.626. The molecule has 29 heavy (non-hydrogen) atoms. The van der Waals surface area contributed by atoms with Crippen LogP contribution in [0.4, 0.5) is 17.5 Å². The van der Waals surface area contributed by atoms with Gasteiger partial charge in [-0.1, -0.05) is 0 Å². The molecule has 0 amide bonds. The fourth-order valence-electron chi connectivity index (χ4n) is 3.13. The van der Waals surface area contributed by atoms with Crippen LogP contribution in [0, 0.1) is 0 Å². The Balaban J connectivity index is 1.47. The van der Waals surface area contributed by atoms with E-state index in [1.165, 1.54) is 30.7 Å². The van der Waals surface area contributed by atoms with Crippen LogP contribution in [0.5, 0.6) is 11.6 Å². The maximum absolute atomic E-state index is 13.0. The second-order valence-corrected chi connectivity index (χ2v) is 8.79. The van der Waals surface area contributed by atoms with E-state index in [2.05, 4.69) is 19.9 Å². The second-order valence-electron chi connectivity index (χ2n) is 6.56. The maximum Gasteiger partial charge on any atom is 0.239 e. The van der Waals surface area contributed by atoms with E-state index in [0.29, 0.717) is 36.9 Å². The van der Waals surface area contributed by atoms with Crippen LogP contribution in [0.3, 0.4) is 0 Å². The number of aromatic nitrogens is 4. The first-order chi connectivity index (χ1) is 13.9. The van der Waals surface area contributed by atoms with E-state index in [4.69, 9.17) is 16.2 Å². The van der Waals surface area contributed by atoms with Crippen molar-refractivity contribution in [3.63, 3.8) is 0 Å². The highest BCUT2D eigenvalue weighted by Gasteiger charge is 2.35. The minimum atomic E-state index is -3.51. The fourth-order valence-corrected chi connectivity index (χ4v) is 4.83. The van der Waals surface area contributed by atoms with E-state index in [1.807, 2.05) is 4.90 Å². The molecule has 3 heterocycles. The molecule has 10 nitrogen and oxygen atoms in total. The summed E-state index contributed by atoms with van der Waals surface area (Å²) in [5.74, 6) is 1.78. The monoisotopic (exact) mass is 413 g/mol. The average molecular weight is 413 g/mol. The SMILES string of the molecule is Nc1cncc(Oc2ccc(S(=O)(=O)C3CCN(c4cncc(N)n4)C3)cc2)n1. The molecule has 3 aromatic rings. The summed E-state index contributed by atoms with van der Waals surface area (Å²) in [6, 6.07) is 6.20. The first-order valence-corrected chi connectivity index (χ1v) is 10.4. The average Bonchev–Trinajstić information content (AvgIpc) is 3.20. The lowest BCUT2D eigenvalue weighted by Crippen LogP contribution is -2.27. The summed E-state index contributed by atoms with van der Waals surface area (Å²) >= 11 is 0. The Morgan fingerprint density at radius 1 is 0.966 bits per heavy atom. The predicted octanol–water partition coefficient (Wildman–Crippen LogP) is 1.28. The van der Waals surface area contributed by atoms with Crippen molar-refractivity contribution in [1.29, 1.82) is 0 Å². The zero-order valence-electron chi connectivity index (χ0n) is 15.3. The molecule has 4 rings (SSSR count). The fraction of sp³-hybridized carbons (Fsp3) is 0.222. The Morgan fingerprint density at radius 3 is 2.34 bits per heavy atom. The van der Waals surface area contributed by atoms with Gasteiger partial charge < -0.3 is 21.1 Å². The summed E-state index contributed by atoms with van der Waals surface area (Å²) in [4.78, 5) is 18.2. The highest BCUT2D eigenvalue weighted by molar-refractivity contribution is 7.92. The third kappa shape index (κ3) is 4.04. The molecule has 0 radical (unpaired) electrons. The van der Waals surface area contributed by atoms with Gasteiger partial charge in [-0.25, -0.2) is 13.4 Å². The van der Waals surface area contributed by atoms with Crippen LogP contribution < -0.4 is 21.1 Å². The summed E-state index contributed by atoms with van der Waals surface area (Å²) < 4.78 is 31.6. The third-order valence-electron chi connectivity index (χ3n) is 4.55. The molecule has 0 bridgehead atoms. The summed E-state index contributed by atoms with van der Waals surface area (Å²) in [5, 5.41) is -0.544. The summed E-state index contributed by atoms with van der Waals surface area (Å²) in [5.41, 5.74) is 11.2. The molecule has 1 unspecified atom stereocenters. The number of benzene rings is 1. The summed E-state index contributed by atoms with van der Waals surface area (Å²) in [6.07, 6.45) is 6.36. The Hall–Kier alpha value is -3.47. The van der Waals surface area contributed by atoms with Crippen molar-refractivity contribution < 1.29 is 13.2 Å². The van der Waals surface area contributed by atoms with Crippen molar-refractivity contribution in [2.24, 2.45) is 0 Å². The molecule has 2 aromatic heterocycles. The van der Waals surface area contributed by atoms with Crippen LogP contribution >= 0.6 is 0 Å². The third-order valence-corrected chi connectivity index (χ3v) is 6.75. The zero-order chi connectivity index (χ0) is 20.4. The van der Waals surface area contributed by atoms with Crippen molar-refractivity contribution in [2.75, 3.05) is 29.5 Å². The summed E-state index contributed by atoms with van der Waals surface area (Å²) in [7, 11) is -3.51. The minimum Gasteiger partial charge on any atom is -0.437 e. The van der Waals surface area contributed by atoms with E-state index in [-0.39, 0.29) is 16.6 Å². The number of sulfone groups is 1. The number of nitrogen functional groups attached to an aromatic ring is 2. The molecule has 1 saturated heterocycles. The molecule has 4 N–H and O–H groups in total. The Labute approximate surface area is 167 Å². The van der Waals surface area contributed by atoms with Gasteiger partial charge in [-0.2, -0.15) is 4.98 Å². The number of rotatable bonds is 5. The lowest BCUT2D eigenvalue weighted by molar-refractivity contribution is 0.460. The van der Waals surface area contributed by atoms with Crippen LogP contribution in [0.2, 0.25) is 0 Å². The molecule has 1 atom stereocenters. The molecule has 1 aromatic carbocycles. The van der Waals surface area contributed by atoms with Gasteiger partial charge in [-0.05, 0) is 30.7 Å². The first kappa shape index (κ1) is 18.9. The van der Waals surface area contributed by atoms with Crippen LogP contribution in [0.15, 0.2) is 53.9 Å². The van der Waals surface area contributed by atoms with Gasteiger partial charge >= 0.3 is 0 Å². The molecule has 1 fully saturated rings. The Bertz CT molecular complexity index is 1120. The minimum absolute atomic E-state index is 0.231. The largest absolute Gasteiger partial charge is 0.437 e. The first-order valence-electron chi connectivity index (χ1n) is 8.83. The molecule has 0 saturated carbocycles. The Kier molecular flexibility index (Phi) is 4.89. The maximum atomic E-state index is 13.0. The normalized spacial score (nSPS) is 16.7. The molecule has 1 aliphatic rings. The molecular formula is C18H19N7O3S. The molecule has 0 spiro atoms. The standard InChI is InChI=1S/C18H19N7O3S/c19-15-7-21-9-17(23-15)25-6-5-14(11-25)29(26,27)13-3-1-12(2-4-13)28-18-10-22-8-16(20)24-18/h1-4,7-10,14H,5-6,11H2,(H2,19,23)(H2,20,24). The lowest BCUT2D eigenvalue weighted by atomic mass is 10.3. The molecule has 150 valence electrons. The van der Waals surface area contributed by atoms with Gasteiger partial charge in [0.15, 0.2) is 9.84 Å². The highest BCUT2D eigenvalue weighted by Crippen LogP contribution is 2.28. The lowest BCUT2D eigenvalue weighted by Gasteiger charge is -2.17. The topological polar surface area (TPSA) is 150 Å². The van der Waals surface area contributed by atoms with E-state index in [0.717, 1.165) is 0 Å². The predicted molar refractivity (Wildman–Crippen MR) is 107 cm³/mol. The zero-order valence-corrected chi connectivity index (χ0v) is 16.2. The number of nitrogens with zero attached hydrogens (tertiary/aromatic N) is 5. The van der Waals surface area contributed by atoms with Gasteiger partial charge in [-0.3, -0.25) is 9.97 Å². The second kappa shape index (κ2) is 7.51. The number of nitrogens with two attached hydrogens (primary N) is 2. The van der Waals surface area contributed by atoms with Gasteiger partial charge in [-0.15, -0.1) is 0 Å². The van der Waals surface area contributed by atoms with Gasteiger partial charge in [0.2, 0.25) is 5.88 Å². The molecule has 1 aliphatic heterocycles. The van der Waals surface area contributed by atoms with Crippen molar-refractivity contribution in [3.05, 3.63) is 49.1 Å². The smallest absolute Gasteiger partial charge is 0.239 e. The van der Waals surface area contributed by atoms with Crippen LogP contribution in [0.1, 0.15) is 6.42 Å². The van der Waals surface area contributed by atoms with E-state index >= 15 is 0 Å². The molecule has 11 heteroatoms. The molecule has 0 aliphatic carbocycles. The van der Waals surface area contributed by atoms with Gasteiger partial charge in [0, 0.05) is 13.1 Å². The van der Waals surface area contributed by atoms with Crippen molar-refractivity contribution >= 4 is 27.3 Å². The Morgan fingerprint density at radius 2 is 1.66 bits per heavy atom. The van der Waals surface area contributed by atoms with Gasteiger partial charge in [0.1, 0.15) is 23.2 Å². The van der Waals surface area contributed by atoms with Crippen molar-refractivity contribution in [2.45, 2.75) is 16.6 Å². The molecular weight excluding hydrogens is 394 g/mol. The van der Waals surface area contributed by atoms with Crippen molar-refractivity contribution in [3.8, 4) is 11.6 Å². The van der Waals surface area contributed by atoms with E-state index < -0.39 is 15.1 Å². The van der Waals surface area contributed by atoms with E-state index in [9.17, 15) is 8.42 Å². The van der Waals surface area contributed by atoms with Crippen molar-refractivity contribution in [1.82, 2.24) is 19.9 Å². The van der Waals surface area contributed by atoms with E-state index in [1.54, 1.807) is 18.3 Å². The number of ether oxygens (including phenoxy) is 1. The number of hydrogen-bond donors (Lipinski definition) is 2. The summed E-state index contributed by atoms with van der Waals surface area (Å²) in [6.45, 7) is 0.898. The number of hydrogen-bond acceptors (Lipinski definition) is 10. The number of anilines is 3. The van der Waals surface area contributed by atoms with Gasteiger partial charge in [0.05, 0.1) is 34.9 Å². The van der Waals surface area contributed by atoms with Gasteiger partial charge in [0.25, 0.3) is 0 Å². The van der Waals surface area contributed by atoms with Crippen LogP contribution in [-0.4, -0.2) is 46.7 Å². The van der Waals surface area contributed by atoms with Crippen LogP contribution in [-0.2, 0) is 9.84 Å². The van der Waals surface area contributed by atoms with Crippen LogP contribution in [0.25, 0.3) is 0 Å². The highest BCUT2D eigenvalue weighted by atomic mass is 32.2.